The molecule has 3 aromatic rings. The van der Waals surface area contributed by atoms with Gasteiger partial charge in [-0.3, -0.25) is 0 Å². The summed E-state index contributed by atoms with van der Waals surface area (Å²) in [5, 5.41) is 31.7. The van der Waals surface area contributed by atoms with Crippen LogP contribution in [0, 0.1) is 0 Å². The zero-order chi connectivity index (χ0) is 15.1. The van der Waals surface area contributed by atoms with E-state index in [4.69, 9.17) is 11.6 Å². The van der Waals surface area contributed by atoms with Gasteiger partial charge < -0.3 is 15.3 Å². The summed E-state index contributed by atoms with van der Waals surface area (Å²) in [4.78, 5) is 0. The number of benzene rings is 3. The van der Waals surface area contributed by atoms with Gasteiger partial charge in [-0.1, -0.05) is 39.7 Å². The summed E-state index contributed by atoms with van der Waals surface area (Å²) in [5.41, 5.74) is 0.598. The van der Waals surface area contributed by atoms with E-state index in [0.29, 0.717) is 5.56 Å². The molecule has 0 atom stereocenters. The molecule has 0 saturated carbocycles. The SMILES string of the molecule is Oc1ccc(O)c(-c2c(O)ccc3cc(Br)ccc23)c1Cl. The maximum absolute atomic E-state index is 10.2. The first kappa shape index (κ1) is 14.0. The Labute approximate surface area is 134 Å². The zero-order valence-corrected chi connectivity index (χ0v) is 13.0. The Kier molecular flexibility index (Phi) is 3.43. The highest BCUT2D eigenvalue weighted by molar-refractivity contribution is 9.10. The number of aromatic hydroxyl groups is 3. The lowest BCUT2D eigenvalue weighted by molar-refractivity contribution is 0.459. The minimum absolute atomic E-state index is 0.000666. The molecular formula is C16H10BrClO3. The molecule has 0 amide bonds. The molecule has 0 heterocycles. The Morgan fingerprint density at radius 1 is 0.762 bits per heavy atom. The quantitative estimate of drug-likeness (QED) is 0.529. The molecule has 5 heteroatoms. The maximum Gasteiger partial charge on any atom is 0.135 e. The van der Waals surface area contributed by atoms with E-state index in [0.717, 1.165) is 15.2 Å². The molecular weight excluding hydrogens is 356 g/mol. The van der Waals surface area contributed by atoms with Crippen molar-refractivity contribution in [2.45, 2.75) is 0 Å². The topological polar surface area (TPSA) is 60.7 Å². The molecule has 3 rings (SSSR count). The maximum atomic E-state index is 10.2. The minimum atomic E-state index is -0.155. The molecule has 0 aliphatic rings. The number of fused-ring (bicyclic) bond motifs is 1. The van der Waals surface area contributed by atoms with Crippen LogP contribution in [-0.4, -0.2) is 15.3 Å². The fraction of sp³-hybridized carbons (Fsp3) is 0. The predicted molar refractivity (Wildman–Crippen MR) is 87.1 cm³/mol. The number of rotatable bonds is 1. The Bertz CT molecular complexity index is 862. The van der Waals surface area contributed by atoms with Gasteiger partial charge in [-0.15, -0.1) is 0 Å². The van der Waals surface area contributed by atoms with Crippen molar-refractivity contribution in [3.63, 3.8) is 0 Å². The van der Waals surface area contributed by atoms with Crippen molar-refractivity contribution in [1.82, 2.24) is 0 Å². The van der Waals surface area contributed by atoms with Gasteiger partial charge >= 0.3 is 0 Å². The highest BCUT2D eigenvalue weighted by atomic mass is 79.9. The van der Waals surface area contributed by atoms with Gasteiger partial charge in [0.25, 0.3) is 0 Å². The Morgan fingerprint density at radius 2 is 1.38 bits per heavy atom. The van der Waals surface area contributed by atoms with Crippen LogP contribution in [0.3, 0.4) is 0 Å². The highest BCUT2D eigenvalue weighted by Crippen LogP contribution is 2.47. The first-order valence-electron chi connectivity index (χ1n) is 6.11. The second-order valence-corrected chi connectivity index (χ2v) is 5.91. The molecule has 3 aromatic carbocycles. The fourth-order valence-corrected chi connectivity index (χ4v) is 2.98. The molecule has 3 nitrogen and oxygen atoms in total. The highest BCUT2D eigenvalue weighted by Gasteiger charge is 2.19. The first-order chi connectivity index (χ1) is 9.99. The van der Waals surface area contributed by atoms with Crippen molar-refractivity contribution in [2.24, 2.45) is 0 Å². The fourth-order valence-electron chi connectivity index (χ4n) is 2.34. The largest absolute Gasteiger partial charge is 0.507 e. The van der Waals surface area contributed by atoms with E-state index in [1.165, 1.54) is 18.2 Å². The summed E-state index contributed by atoms with van der Waals surface area (Å²) in [6.07, 6.45) is 0. The van der Waals surface area contributed by atoms with E-state index in [2.05, 4.69) is 15.9 Å². The molecule has 0 fully saturated rings. The van der Waals surface area contributed by atoms with Gasteiger partial charge in [0.15, 0.2) is 0 Å². The van der Waals surface area contributed by atoms with Crippen molar-refractivity contribution in [2.75, 3.05) is 0 Å². The smallest absolute Gasteiger partial charge is 0.135 e. The molecule has 0 spiro atoms. The molecule has 0 aliphatic carbocycles. The summed E-state index contributed by atoms with van der Waals surface area (Å²) in [5.74, 6) is -0.283. The van der Waals surface area contributed by atoms with Crippen molar-refractivity contribution in [3.05, 3.63) is 52.0 Å². The molecule has 0 unspecified atom stereocenters. The van der Waals surface area contributed by atoms with Crippen LogP contribution in [0.15, 0.2) is 46.9 Å². The van der Waals surface area contributed by atoms with Crippen LogP contribution in [-0.2, 0) is 0 Å². The molecule has 0 radical (unpaired) electrons. The van der Waals surface area contributed by atoms with E-state index in [1.54, 1.807) is 6.07 Å². The normalized spacial score (nSPS) is 11.0. The lowest BCUT2D eigenvalue weighted by atomic mass is 9.96. The number of phenols is 3. The molecule has 106 valence electrons. The molecule has 0 aromatic heterocycles. The summed E-state index contributed by atoms with van der Waals surface area (Å²) in [6.45, 7) is 0. The average Bonchev–Trinajstić information content (AvgIpc) is 2.45. The van der Waals surface area contributed by atoms with Crippen molar-refractivity contribution >= 4 is 38.3 Å². The Balaban J connectivity index is 2.46. The van der Waals surface area contributed by atoms with Gasteiger partial charge in [0.05, 0.1) is 10.6 Å². The van der Waals surface area contributed by atoms with Crippen LogP contribution in [0.25, 0.3) is 21.9 Å². The van der Waals surface area contributed by atoms with E-state index < -0.39 is 0 Å². The van der Waals surface area contributed by atoms with Crippen molar-refractivity contribution in [3.8, 4) is 28.4 Å². The third-order valence-corrected chi connectivity index (χ3v) is 4.19. The first-order valence-corrected chi connectivity index (χ1v) is 7.28. The summed E-state index contributed by atoms with van der Waals surface area (Å²) in [7, 11) is 0. The van der Waals surface area contributed by atoms with Gasteiger partial charge in [-0.05, 0) is 41.1 Å². The summed E-state index contributed by atoms with van der Waals surface area (Å²) >= 11 is 9.50. The zero-order valence-electron chi connectivity index (χ0n) is 10.6. The Morgan fingerprint density at radius 3 is 2.14 bits per heavy atom. The van der Waals surface area contributed by atoms with Gasteiger partial charge in [0.2, 0.25) is 0 Å². The van der Waals surface area contributed by atoms with Crippen LogP contribution in [0.1, 0.15) is 0 Å². The molecule has 21 heavy (non-hydrogen) atoms. The van der Waals surface area contributed by atoms with Crippen LogP contribution in [0.4, 0.5) is 0 Å². The van der Waals surface area contributed by atoms with Gasteiger partial charge in [-0.2, -0.15) is 0 Å². The van der Waals surface area contributed by atoms with Crippen molar-refractivity contribution < 1.29 is 15.3 Å². The average molecular weight is 366 g/mol. The summed E-state index contributed by atoms with van der Waals surface area (Å²) in [6, 6.07) is 11.5. The van der Waals surface area contributed by atoms with E-state index in [-0.39, 0.29) is 27.8 Å². The number of phenolic OH excluding ortho intramolecular Hbond substituents is 3. The standard InChI is InChI=1S/C16H10BrClO3/c17-9-2-3-10-8(7-9)1-4-11(19)14(10)15-12(20)5-6-13(21)16(15)18/h1-7,19-21H. The van der Waals surface area contributed by atoms with Crippen LogP contribution in [0.2, 0.25) is 5.02 Å². The molecule has 3 N–H and O–H groups in total. The minimum Gasteiger partial charge on any atom is -0.507 e. The van der Waals surface area contributed by atoms with E-state index in [1.807, 2.05) is 18.2 Å². The second-order valence-electron chi connectivity index (χ2n) is 4.62. The Hall–Kier alpha value is -1.91. The second kappa shape index (κ2) is 5.13. The van der Waals surface area contributed by atoms with Crippen LogP contribution in [0.5, 0.6) is 17.2 Å². The van der Waals surface area contributed by atoms with Crippen LogP contribution < -0.4 is 0 Å². The van der Waals surface area contributed by atoms with Gasteiger partial charge in [0, 0.05) is 10.0 Å². The number of hydrogen-bond acceptors (Lipinski definition) is 3. The van der Waals surface area contributed by atoms with Gasteiger partial charge in [0.1, 0.15) is 17.2 Å². The number of hydrogen-bond donors (Lipinski definition) is 3. The lowest BCUT2D eigenvalue weighted by Crippen LogP contribution is -1.86. The third kappa shape index (κ3) is 2.30. The number of halogens is 2. The molecule has 0 saturated heterocycles. The van der Waals surface area contributed by atoms with Crippen molar-refractivity contribution in [1.29, 1.82) is 0 Å². The van der Waals surface area contributed by atoms with Gasteiger partial charge in [-0.25, -0.2) is 0 Å². The predicted octanol–water partition coefficient (Wildman–Crippen LogP) is 5.04. The summed E-state index contributed by atoms with van der Waals surface area (Å²) < 4.78 is 0.901. The monoisotopic (exact) mass is 364 g/mol. The lowest BCUT2D eigenvalue weighted by Gasteiger charge is -2.13. The molecule has 0 bridgehead atoms. The van der Waals surface area contributed by atoms with Crippen LogP contribution >= 0.6 is 27.5 Å². The van der Waals surface area contributed by atoms with E-state index >= 15 is 0 Å². The third-order valence-electron chi connectivity index (χ3n) is 3.31. The molecule has 0 aliphatic heterocycles. The van der Waals surface area contributed by atoms with E-state index in [9.17, 15) is 15.3 Å².